The zero-order valence-corrected chi connectivity index (χ0v) is 22.2. The molecule has 1 nitrogen and oxygen atoms in total. The van der Waals surface area contributed by atoms with Gasteiger partial charge in [0.1, 0.15) is 5.75 Å². The maximum atomic E-state index is 6.11. The van der Waals surface area contributed by atoms with Gasteiger partial charge in [-0.3, -0.25) is 0 Å². The Bertz CT molecular complexity index is 589. The zero-order chi connectivity index (χ0) is 23.1. The molecule has 0 aliphatic heterocycles. The quantitative estimate of drug-likeness (QED) is 0.239. The molecule has 0 heterocycles. The first-order chi connectivity index (χ1) is 16.3. The molecule has 0 bridgehead atoms. The van der Waals surface area contributed by atoms with E-state index in [4.69, 9.17) is 4.74 Å². The van der Waals surface area contributed by atoms with Crippen LogP contribution in [0.1, 0.15) is 147 Å². The highest BCUT2D eigenvalue weighted by Crippen LogP contribution is 2.38. The summed E-state index contributed by atoms with van der Waals surface area (Å²) in [6.07, 6.45) is 27.0. The highest BCUT2D eigenvalue weighted by atomic mass is 16.5. The maximum absolute atomic E-state index is 6.11. The number of hydrogen-bond donors (Lipinski definition) is 0. The fourth-order valence-electron chi connectivity index (χ4n) is 6.52. The van der Waals surface area contributed by atoms with Crippen molar-refractivity contribution in [2.75, 3.05) is 6.61 Å². The fourth-order valence-corrected chi connectivity index (χ4v) is 6.52. The van der Waals surface area contributed by atoms with Crippen molar-refractivity contribution < 1.29 is 4.74 Å². The summed E-state index contributed by atoms with van der Waals surface area (Å²) >= 11 is 0. The van der Waals surface area contributed by atoms with E-state index in [0.29, 0.717) is 0 Å². The monoisotopic (exact) mass is 454 g/mol. The van der Waals surface area contributed by atoms with Gasteiger partial charge < -0.3 is 4.74 Å². The lowest BCUT2D eigenvalue weighted by molar-refractivity contribution is 0.228. The molecule has 0 radical (unpaired) electrons. The minimum Gasteiger partial charge on any atom is -0.494 e. The first-order valence-electron chi connectivity index (χ1n) is 15.0. The van der Waals surface area contributed by atoms with E-state index in [0.717, 1.165) is 36.0 Å². The molecule has 0 aromatic heterocycles. The first kappa shape index (κ1) is 26.6. The molecule has 1 aromatic rings. The predicted octanol–water partition coefficient (Wildman–Crippen LogP) is 10.5. The van der Waals surface area contributed by atoms with Crippen molar-refractivity contribution in [3.8, 4) is 5.75 Å². The molecular formula is C32H54O. The van der Waals surface area contributed by atoms with E-state index in [-0.39, 0.29) is 0 Å². The van der Waals surface area contributed by atoms with Gasteiger partial charge in [-0.15, -0.1) is 0 Å². The third kappa shape index (κ3) is 10.0. The fraction of sp³-hybridized carbons (Fsp3) is 0.812. The van der Waals surface area contributed by atoms with Crippen molar-refractivity contribution in [1.29, 1.82) is 0 Å². The van der Waals surface area contributed by atoms with Gasteiger partial charge in [-0.05, 0) is 79.9 Å². The van der Waals surface area contributed by atoms with Gasteiger partial charge in [0, 0.05) is 0 Å². The number of hydrogen-bond acceptors (Lipinski definition) is 1. The van der Waals surface area contributed by atoms with E-state index < -0.39 is 0 Å². The van der Waals surface area contributed by atoms with E-state index in [1.807, 2.05) is 0 Å². The normalized spacial score (nSPS) is 25.8. The number of benzene rings is 1. The molecule has 2 aliphatic rings. The minimum absolute atomic E-state index is 0.781. The standard InChI is InChI=1S/C32H54O/c1-3-5-7-8-9-12-28-14-16-29(17-15-28)13-10-26-33-32-24-22-31(23-25-32)30-20-18-27(19-21-30)11-6-4-2/h22-25,27-30H,3-21,26H2,1-2H3. The summed E-state index contributed by atoms with van der Waals surface area (Å²) in [6, 6.07) is 9.14. The summed E-state index contributed by atoms with van der Waals surface area (Å²) in [5.74, 6) is 4.84. The summed E-state index contributed by atoms with van der Waals surface area (Å²) in [6.45, 7) is 5.51. The second-order valence-corrected chi connectivity index (χ2v) is 11.5. The second-order valence-electron chi connectivity index (χ2n) is 11.5. The van der Waals surface area contributed by atoms with Crippen molar-refractivity contribution in [3.63, 3.8) is 0 Å². The molecule has 1 aromatic carbocycles. The van der Waals surface area contributed by atoms with Gasteiger partial charge in [0.15, 0.2) is 0 Å². The topological polar surface area (TPSA) is 9.23 Å². The predicted molar refractivity (Wildman–Crippen MR) is 144 cm³/mol. The molecule has 0 atom stereocenters. The summed E-state index contributed by atoms with van der Waals surface area (Å²) in [5.41, 5.74) is 1.54. The molecule has 3 rings (SSSR count). The average molecular weight is 455 g/mol. The molecule has 0 spiro atoms. The van der Waals surface area contributed by atoms with Crippen molar-refractivity contribution in [2.24, 2.45) is 17.8 Å². The van der Waals surface area contributed by atoms with Gasteiger partial charge in [0.25, 0.3) is 0 Å². The lowest BCUT2D eigenvalue weighted by Crippen LogP contribution is -2.15. The van der Waals surface area contributed by atoms with Crippen LogP contribution in [0.4, 0.5) is 0 Å². The number of rotatable bonds is 15. The van der Waals surface area contributed by atoms with E-state index in [9.17, 15) is 0 Å². The molecule has 0 unspecified atom stereocenters. The van der Waals surface area contributed by atoms with Crippen molar-refractivity contribution in [1.82, 2.24) is 0 Å². The summed E-state index contributed by atoms with van der Waals surface area (Å²) < 4.78 is 6.11. The van der Waals surface area contributed by atoms with E-state index in [1.165, 1.54) is 122 Å². The van der Waals surface area contributed by atoms with Crippen LogP contribution in [-0.2, 0) is 0 Å². The molecule has 2 saturated carbocycles. The van der Waals surface area contributed by atoms with Gasteiger partial charge >= 0.3 is 0 Å². The van der Waals surface area contributed by atoms with Crippen LogP contribution >= 0.6 is 0 Å². The lowest BCUT2D eigenvalue weighted by atomic mass is 9.77. The summed E-state index contributed by atoms with van der Waals surface area (Å²) in [4.78, 5) is 0. The number of ether oxygens (including phenoxy) is 1. The number of unbranched alkanes of at least 4 members (excludes halogenated alkanes) is 5. The molecule has 2 fully saturated rings. The largest absolute Gasteiger partial charge is 0.494 e. The maximum Gasteiger partial charge on any atom is 0.119 e. The van der Waals surface area contributed by atoms with Crippen LogP contribution in [0, 0.1) is 17.8 Å². The molecule has 188 valence electrons. The van der Waals surface area contributed by atoms with Crippen LogP contribution < -0.4 is 4.74 Å². The molecule has 0 saturated heterocycles. The van der Waals surface area contributed by atoms with Gasteiger partial charge in [-0.1, -0.05) is 109 Å². The minimum atomic E-state index is 0.781. The van der Waals surface area contributed by atoms with Gasteiger partial charge in [0.05, 0.1) is 6.61 Å². The highest BCUT2D eigenvalue weighted by Gasteiger charge is 2.22. The van der Waals surface area contributed by atoms with Crippen molar-refractivity contribution >= 4 is 0 Å². The summed E-state index contributed by atoms with van der Waals surface area (Å²) in [7, 11) is 0. The van der Waals surface area contributed by atoms with E-state index >= 15 is 0 Å². The molecule has 0 N–H and O–H groups in total. The van der Waals surface area contributed by atoms with Crippen molar-refractivity contribution in [2.45, 2.75) is 142 Å². The van der Waals surface area contributed by atoms with Gasteiger partial charge in [-0.2, -0.15) is 0 Å². The lowest BCUT2D eigenvalue weighted by Gasteiger charge is -2.29. The Morgan fingerprint density at radius 2 is 1.09 bits per heavy atom. The summed E-state index contributed by atoms with van der Waals surface area (Å²) in [5, 5.41) is 0. The van der Waals surface area contributed by atoms with Crippen molar-refractivity contribution in [3.05, 3.63) is 29.8 Å². The Morgan fingerprint density at radius 3 is 1.70 bits per heavy atom. The SMILES string of the molecule is CCCCCCCC1CCC(CCCOc2ccc(C3CCC(CCCC)CC3)cc2)CC1. The Kier molecular flexibility index (Phi) is 12.8. The van der Waals surface area contributed by atoms with Crippen LogP contribution in [-0.4, -0.2) is 6.61 Å². The van der Waals surface area contributed by atoms with E-state index in [2.05, 4.69) is 38.1 Å². The van der Waals surface area contributed by atoms with Crippen LogP contribution in [0.2, 0.25) is 0 Å². The van der Waals surface area contributed by atoms with Crippen LogP contribution in [0.3, 0.4) is 0 Å². The van der Waals surface area contributed by atoms with Gasteiger partial charge in [0.2, 0.25) is 0 Å². The Morgan fingerprint density at radius 1 is 0.576 bits per heavy atom. The zero-order valence-electron chi connectivity index (χ0n) is 22.2. The van der Waals surface area contributed by atoms with Crippen LogP contribution in [0.15, 0.2) is 24.3 Å². The smallest absolute Gasteiger partial charge is 0.119 e. The third-order valence-corrected chi connectivity index (χ3v) is 8.87. The van der Waals surface area contributed by atoms with Crippen LogP contribution in [0.25, 0.3) is 0 Å². The molecule has 0 amide bonds. The second kappa shape index (κ2) is 15.8. The molecule has 33 heavy (non-hydrogen) atoms. The Labute approximate surface area is 206 Å². The molecular weight excluding hydrogens is 400 g/mol. The van der Waals surface area contributed by atoms with Crippen LogP contribution in [0.5, 0.6) is 5.75 Å². The average Bonchev–Trinajstić information content (AvgIpc) is 2.87. The molecule has 1 heteroatoms. The van der Waals surface area contributed by atoms with Gasteiger partial charge in [-0.25, -0.2) is 0 Å². The third-order valence-electron chi connectivity index (χ3n) is 8.87. The Hall–Kier alpha value is -0.980. The highest BCUT2D eigenvalue weighted by molar-refractivity contribution is 5.29. The molecule has 2 aliphatic carbocycles. The van der Waals surface area contributed by atoms with E-state index in [1.54, 1.807) is 5.56 Å². The Balaban J connectivity index is 1.23. The first-order valence-corrected chi connectivity index (χ1v) is 15.0.